The van der Waals surface area contributed by atoms with Crippen molar-refractivity contribution in [1.82, 2.24) is 0 Å². The number of hydrogen-bond acceptors (Lipinski definition) is 1. The van der Waals surface area contributed by atoms with Gasteiger partial charge in [0.25, 0.3) is 0 Å². The Labute approximate surface area is 96.6 Å². The maximum atomic E-state index is 6.30. The van der Waals surface area contributed by atoms with E-state index in [1.165, 1.54) is 35.1 Å². The van der Waals surface area contributed by atoms with Crippen molar-refractivity contribution >= 4 is 11.6 Å². The summed E-state index contributed by atoms with van der Waals surface area (Å²) in [5, 5.41) is 0.908. The molecule has 0 aromatic heterocycles. The van der Waals surface area contributed by atoms with Gasteiger partial charge in [0, 0.05) is 11.1 Å². The minimum Gasteiger partial charge on any atom is -0.324 e. The lowest BCUT2D eigenvalue weighted by molar-refractivity contribution is 0.613. The van der Waals surface area contributed by atoms with Gasteiger partial charge in [-0.3, -0.25) is 0 Å². The maximum absolute atomic E-state index is 6.30. The molecule has 1 aromatic rings. The Morgan fingerprint density at radius 1 is 1.33 bits per heavy atom. The van der Waals surface area contributed by atoms with Gasteiger partial charge in [0.1, 0.15) is 0 Å². The van der Waals surface area contributed by atoms with Crippen LogP contribution in [0, 0.1) is 13.8 Å². The summed E-state index contributed by atoms with van der Waals surface area (Å²) in [4.78, 5) is 0. The monoisotopic (exact) mass is 223 g/mol. The van der Waals surface area contributed by atoms with Crippen LogP contribution in [-0.2, 0) is 6.42 Å². The first-order chi connectivity index (χ1) is 7.11. The van der Waals surface area contributed by atoms with E-state index in [0.717, 1.165) is 17.9 Å². The molecule has 1 aromatic carbocycles. The molecule has 0 fully saturated rings. The molecule has 0 radical (unpaired) electrons. The highest BCUT2D eigenvalue weighted by Gasteiger charge is 2.20. The molecule has 0 bridgehead atoms. The number of aryl methyl sites for hydroxylation is 1. The van der Waals surface area contributed by atoms with Crippen LogP contribution in [0.25, 0.3) is 0 Å². The van der Waals surface area contributed by atoms with Crippen molar-refractivity contribution in [2.24, 2.45) is 5.73 Å². The van der Waals surface area contributed by atoms with Crippen LogP contribution in [-0.4, -0.2) is 0 Å². The van der Waals surface area contributed by atoms with Crippen LogP contribution in [0.15, 0.2) is 6.07 Å². The Morgan fingerprint density at radius 3 is 2.80 bits per heavy atom. The van der Waals surface area contributed by atoms with Crippen LogP contribution in [0.2, 0.25) is 5.02 Å². The van der Waals surface area contributed by atoms with Crippen LogP contribution in [0.3, 0.4) is 0 Å². The van der Waals surface area contributed by atoms with Crippen molar-refractivity contribution < 1.29 is 0 Å². The molecule has 0 heterocycles. The predicted octanol–water partition coefficient (Wildman–Crippen LogP) is 3.68. The van der Waals surface area contributed by atoms with Crippen LogP contribution in [0.5, 0.6) is 0 Å². The lowest BCUT2D eigenvalue weighted by Gasteiger charge is -2.19. The van der Waals surface area contributed by atoms with E-state index in [1.54, 1.807) is 0 Å². The number of halogens is 1. The molecular formula is C13H18ClN. The molecule has 1 atom stereocenters. The fourth-order valence-electron chi connectivity index (χ4n) is 2.52. The van der Waals surface area contributed by atoms with Gasteiger partial charge in [0.2, 0.25) is 0 Å². The van der Waals surface area contributed by atoms with Gasteiger partial charge in [0.15, 0.2) is 0 Å². The van der Waals surface area contributed by atoms with Gasteiger partial charge in [-0.15, -0.1) is 0 Å². The van der Waals surface area contributed by atoms with Gasteiger partial charge in [0.05, 0.1) is 0 Å². The molecule has 0 saturated heterocycles. The van der Waals surface area contributed by atoms with Gasteiger partial charge in [-0.25, -0.2) is 0 Å². The number of rotatable bonds is 0. The van der Waals surface area contributed by atoms with Crippen molar-refractivity contribution in [2.75, 3.05) is 0 Å². The number of hydrogen-bond donors (Lipinski definition) is 1. The molecule has 0 aliphatic heterocycles. The summed E-state index contributed by atoms with van der Waals surface area (Å²) < 4.78 is 0. The highest BCUT2D eigenvalue weighted by Crippen LogP contribution is 2.35. The summed E-state index contributed by atoms with van der Waals surface area (Å²) in [6.07, 6.45) is 4.60. The molecule has 2 rings (SSSR count). The van der Waals surface area contributed by atoms with Crippen LogP contribution in [0.4, 0.5) is 0 Å². The molecule has 1 nitrogen and oxygen atoms in total. The molecule has 82 valence electrons. The summed E-state index contributed by atoms with van der Waals surface area (Å²) in [6, 6.07) is 2.26. The average molecular weight is 224 g/mol. The number of nitrogens with two attached hydrogens (primary N) is 1. The van der Waals surface area contributed by atoms with Crippen molar-refractivity contribution in [1.29, 1.82) is 0 Å². The highest BCUT2D eigenvalue weighted by atomic mass is 35.5. The lowest BCUT2D eigenvalue weighted by atomic mass is 9.92. The first-order valence-corrected chi connectivity index (χ1v) is 6.03. The molecule has 0 amide bonds. The summed E-state index contributed by atoms with van der Waals surface area (Å²) in [5.74, 6) is 0. The van der Waals surface area contributed by atoms with Crippen LogP contribution in [0.1, 0.15) is 47.6 Å². The minimum absolute atomic E-state index is 0.180. The van der Waals surface area contributed by atoms with E-state index in [9.17, 15) is 0 Å². The Kier molecular flexibility index (Phi) is 3.03. The number of fused-ring (bicyclic) bond motifs is 1. The quantitative estimate of drug-likeness (QED) is 0.668. The van der Waals surface area contributed by atoms with E-state index in [-0.39, 0.29) is 6.04 Å². The summed E-state index contributed by atoms with van der Waals surface area (Å²) in [6.45, 7) is 4.27. The van der Waals surface area contributed by atoms with Gasteiger partial charge in [-0.2, -0.15) is 0 Å². The maximum Gasteiger partial charge on any atom is 0.0444 e. The molecule has 15 heavy (non-hydrogen) atoms. The van der Waals surface area contributed by atoms with E-state index in [2.05, 4.69) is 19.9 Å². The smallest absolute Gasteiger partial charge is 0.0444 e. The fourth-order valence-corrected chi connectivity index (χ4v) is 2.88. The minimum atomic E-state index is 0.180. The lowest BCUT2D eigenvalue weighted by Crippen LogP contribution is -2.13. The Morgan fingerprint density at radius 2 is 2.07 bits per heavy atom. The molecule has 0 saturated carbocycles. The third-order valence-corrected chi connectivity index (χ3v) is 3.85. The Balaban J connectivity index is 2.63. The first-order valence-electron chi connectivity index (χ1n) is 5.65. The largest absolute Gasteiger partial charge is 0.324 e. The predicted molar refractivity (Wildman–Crippen MR) is 65.4 cm³/mol. The third-order valence-electron chi connectivity index (χ3n) is 3.51. The SMILES string of the molecule is Cc1cc(Cl)c2c(c1C)[C@@H](N)CCCC2. The summed E-state index contributed by atoms with van der Waals surface area (Å²) in [7, 11) is 0. The topological polar surface area (TPSA) is 26.0 Å². The highest BCUT2D eigenvalue weighted by molar-refractivity contribution is 6.31. The molecule has 0 unspecified atom stereocenters. The van der Waals surface area contributed by atoms with Gasteiger partial charge in [-0.05, 0) is 61.4 Å². The number of benzene rings is 1. The first kappa shape index (κ1) is 11.0. The van der Waals surface area contributed by atoms with E-state index < -0.39 is 0 Å². The molecule has 1 aliphatic rings. The van der Waals surface area contributed by atoms with Gasteiger partial charge < -0.3 is 5.73 Å². The van der Waals surface area contributed by atoms with Crippen LogP contribution < -0.4 is 5.73 Å². The summed E-state index contributed by atoms with van der Waals surface area (Å²) >= 11 is 6.30. The molecule has 2 N–H and O–H groups in total. The van der Waals surface area contributed by atoms with E-state index >= 15 is 0 Å². The standard InChI is InChI=1S/C13H18ClN/c1-8-7-11(14)10-5-3-4-6-12(15)13(10)9(8)2/h7,12H,3-6,15H2,1-2H3/t12-/m0/s1. The van der Waals surface area contributed by atoms with Crippen molar-refractivity contribution in [3.8, 4) is 0 Å². The van der Waals surface area contributed by atoms with Crippen molar-refractivity contribution in [2.45, 2.75) is 45.6 Å². The Hall–Kier alpha value is -0.530. The van der Waals surface area contributed by atoms with E-state index in [0.29, 0.717) is 0 Å². The van der Waals surface area contributed by atoms with E-state index in [4.69, 9.17) is 17.3 Å². The van der Waals surface area contributed by atoms with E-state index in [1.807, 2.05) is 0 Å². The Bertz CT molecular complexity index is 385. The summed E-state index contributed by atoms with van der Waals surface area (Å²) in [5.41, 5.74) is 11.4. The zero-order valence-corrected chi connectivity index (χ0v) is 10.2. The van der Waals surface area contributed by atoms with Gasteiger partial charge in [-0.1, -0.05) is 18.0 Å². The second-order valence-corrected chi connectivity index (χ2v) is 4.95. The van der Waals surface area contributed by atoms with Crippen molar-refractivity contribution in [3.63, 3.8) is 0 Å². The molecular weight excluding hydrogens is 206 g/mol. The zero-order chi connectivity index (χ0) is 11.0. The second kappa shape index (κ2) is 4.15. The normalized spacial score (nSPS) is 20.9. The molecule has 2 heteroatoms. The third kappa shape index (κ3) is 1.91. The van der Waals surface area contributed by atoms with Crippen molar-refractivity contribution in [3.05, 3.63) is 33.3 Å². The fraction of sp³-hybridized carbons (Fsp3) is 0.538. The van der Waals surface area contributed by atoms with Gasteiger partial charge >= 0.3 is 0 Å². The average Bonchev–Trinajstić information content (AvgIpc) is 2.37. The molecule has 0 spiro atoms. The molecule has 1 aliphatic carbocycles. The zero-order valence-electron chi connectivity index (χ0n) is 9.44. The second-order valence-electron chi connectivity index (χ2n) is 4.54. The van der Waals surface area contributed by atoms with Crippen LogP contribution >= 0.6 is 11.6 Å².